The first-order valence-corrected chi connectivity index (χ1v) is 10.4. The highest BCUT2D eigenvalue weighted by atomic mass is 14.6. The quantitative estimate of drug-likeness (QED) is 0.439. The fourth-order valence-corrected chi connectivity index (χ4v) is 7.72. The van der Waals surface area contributed by atoms with Crippen LogP contribution in [0.25, 0.3) is 0 Å². The van der Waals surface area contributed by atoms with Crippen molar-refractivity contribution in [3.63, 3.8) is 0 Å². The fourth-order valence-electron chi connectivity index (χ4n) is 7.72. The van der Waals surface area contributed by atoms with E-state index in [0.29, 0.717) is 0 Å². The van der Waals surface area contributed by atoms with Gasteiger partial charge in [0, 0.05) is 0 Å². The molecule has 0 radical (unpaired) electrons. The minimum Gasteiger partial charge on any atom is -0.103 e. The van der Waals surface area contributed by atoms with Crippen molar-refractivity contribution in [3.8, 4) is 0 Å². The summed E-state index contributed by atoms with van der Waals surface area (Å²) in [7, 11) is 0. The van der Waals surface area contributed by atoms with Crippen LogP contribution in [0.4, 0.5) is 0 Å². The molecule has 24 heavy (non-hydrogen) atoms. The molecule has 0 aromatic carbocycles. The van der Waals surface area contributed by atoms with Crippen LogP contribution in [-0.2, 0) is 0 Å². The van der Waals surface area contributed by atoms with E-state index in [1.54, 1.807) is 0 Å². The van der Waals surface area contributed by atoms with Crippen molar-refractivity contribution < 1.29 is 0 Å². The van der Waals surface area contributed by atoms with Crippen LogP contribution in [0.2, 0.25) is 0 Å². The molecule has 4 fully saturated rings. The maximum absolute atomic E-state index is 4.02. The lowest BCUT2D eigenvalue weighted by Gasteiger charge is -2.35. The maximum Gasteiger partial charge on any atom is -0.0194 e. The van der Waals surface area contributed by atoms with Crippen LogP contribution in [0, 0.1) is 59.2 Å². The molecule has 6 aliphatic rings. The third-order valence-corrected chi connectivity index (χ3v) is 8.51. The zero-order chi connectivity index (χ0) is 16.3. The fraction of sp³-hybridized carbons (Fsp3) is 0.667. The zero-order valence-corrected chi connectivity index (χ0v) is 14.9. The highest BCUT2D eigenvalue weighted by molar-refractivity contribution is 5.21. The van der Waals surface area contributed by atoms with Gasteiger partial charge in [-0.1, -0.05) is 36.5 Å². The van der Waals surface area contributed by atoms with Crippen LogP contribution in [-0.4, -0.2) is 0 Å². The van der Waals surface area contributed by atoms with Gasteiger partial charge in [0.1, 0.15) is 0 Å². The molecule has 0 amide bonds. The lowest BCUT2D eigenvalue weighted by atomic mass is 9.69. The Kier molecular flexibility index (Phi) is 3.65. The summed E-state index contributed by atoms with van der Waals surface area (Å²) in [5.41, 5.74) is 0. The Morgan fingerprint density at radius 1 is 0.792 bits per heavy atom. The Hall–Kier alpha value is -1.04. The predicted molar refractivity (Wildman–Crippen MR) is 101 cm³/mol. The Balaban J connectivity index is 0.000000116. The van der Waals surface area contributed by atoms with Gasteiger partial charge >= 0.3 is 0 Å². The van der Waals surface area contributed by atoms with Crippen molar-refractivity contribution >= 4 is 0 Å². The Bertz CT molecular complexity index is 581. The van der Waals surface area contributed by atoms with Gasteiger partial charge in [0.05, 0.1) is 0 Å². The van der Waals surface area contributed by atoms with Crippen molar-refractivity contribution in [2.24, 2.45) is 59.2 Å². The Morgan fingerprint density at radius 2 is 1.58 bits per heavy atom. The molecule has 6 aliphatic carbocycles. The van der Waals surface area contributed by atoms with Crippen molar-refractivity contribution in [1.29, 1.82) is 0 Å². The third kappa shape index (κ3) is 2.18. The summed E-state index contributed by atoms with van der Waals surface area (Å²) in [5.74, 6) is 9.81. The average molecular weight is 321 g/mol. The van der Waals surface area contributed by atoms with Crippen LogP contribution in [0.3, 0.4) is 0 Å². The van der Waals surface area contributed by atoms with Gasteiger partial charge in [0.15, 0.2) is 0 Å². The molecule has 0 spiro atoms. The SMILES string of the molecule is C=CC1CC2CC1C1C3C=CC(C3)C21.C=CCC1CC2C=CC1C2. The van der Waals surface area contributed by atoms with E-state index >= 15 is 0 Å². The lowest BCUT2D eigenvalue weighted by molar-refractivity contribution is 0.173. The van der Waals surface area contributed by atoms with E-state index < -0.39 is 0 Å². The molecule has 0 saturated heterocycles. The van der Waals surface area contributed by atoms with E-state index in [-0.39, 0.29) is 0 Å². The molecular weight excluding hydrogens is 288 g/mol. The first kappa shape index (κ1) is 15.2. The highest BCUT2D eigenvalue weighted by Crippen LogP contribution is 2.67. The zero-order valence-electron chi connectivity index (χ0n) is 14.9. The summed E-state index contributed by atoms with van der Waals surface area (Å²) in [4.78, 5) is 0. The molecule has 6 bridgehead atoms. The van der Waals surface area contributed by atoms with Crippen LogP contribution >= 0.6 is 0 Å². The predicted octanol–water partition coefficient (Wildman–Crippen LogP) is 6.04. The standard InChI is InChI=1S/C14H18.C10H14/c1-2-8-5-11-7-12(8)14-10-4-3-9(6-10)13(11)14;1-2-3-9-6-8-4-5-10(9)7-8/h2-4,8-14H,1,5-7H2;2,4-5,8-10H,1,3,6-7H2. The molecule has 6 rings (SSSR count). The van der Waals surface area contributed by atoms with Crippen LogP contribution in [0.5, 0.6) is 0 Å². The number of fused-ring (bicyclic) bond motifs is 11. The molecule has 0 aliphatic heterocycles. The summed E-state index contributed by atoms with van der Waals surface area (Å²) < 4.78 is 0. The Morgan fingerprint density at radius 3 is 2.25 bits per heavy atom. The van der Waals surface area contributed by atoms with E-state index in [4.69, 9.17) is 0 Å². The van der Waals surface area contributed by atoms with Crippen molar-refractivity contribution in [3.05, 3.63) is 49.6 Å². The topological polar surface area (TPSA) is 0 Å². The number of rotatable bonds is 3. The van der Waals surface area contributed by atoms with Gasteiger partial charge in [-0.25, -0.2) is 0 Å². The molecule has 10 unspecified atom stereocenters. The van der Waals surface area contributed by atoms with Gasteiger partial charge < -0.3 is 0 Å². The third-order valence-electron chi connectivity index (χ3n) is 8.51. The Labute approximate surface area is 147 Å². The molecule has 4 saturated carbocycles. The van der Waals surface area contributed by atoms with E-state index in [2.05, 4.69) is 49.6 Å². The summed E-state index contributed by atoms with van der Waals surface area (Å²) >= 11 is 0. The second-order valence-corrected chi connectivity index (χ2v) is 9.46. The summed E-state index contributed by atoms with van der Waals surface area (Å²) in [6.07, 6.45) is 22.7. The minimum atomic E-state index is 0.869. The van der Waals surface area contributed by atoms with Gasteiger partial charge in [-0.05, 0) is 97.7 Å². The number of allylic oxidation sites excluding steroid dienone is 6. The monoisotopic (exact) mass is 320 g/mol. The first-order chi connectivity index (χ1) is 11.8. The molecule has 0 aromatic rings. The smallest absolute Gasteiger partial charge is 0.0194 e. The second-order valence-electron chi connectivity index (χ2n) is 9.46. The largest absolute Gasteiger partial charge is 0.103 e. The minimum absolute atomic E-state index is 0.869. The molecular formula is C24H32. The normalized spacial score (nSPS) is 54.0. The molecule has 0 heteroatoms. The van der Waals surface area contributed by atoms with Crippen molar-refractivity contribution in [1.82, 2.24) is 0 Å². The van der Waals surface area contributed by atoms with Crippen molar-refractivity contribution in [2.75, 3.05) is 0 Å². The second kappa shape index (κ2) is 5.75. The van der Waals surface area contributed by atoms with Gasteiger partial charge in [-0.3, -0.25) is 0 Å². The summed E-state index contributed by atoms with van der Waals surface area (Å²) in [5, 5.41) is 0. The van der Waals surface area contributed by atoms with Gasteiger partial charge in [-0.2, -0.15) is 0 Å². The molecule has 10 atom stereocenters. The highest BCUT2D eigenvalue weighted by Gasteiger charge is 2.60. The maximum atomic E-state index is 4.02. The molecule has 0 N–H and O–H groups in total. The molecule has 128 valence electrons. The van der Waals surface area contributed by atoms with Crippen LogP contribution < -0.4 is 0 Å². The van der Waals surface area contributed by atoms with Crippen LogP contribution in [0.15, 0.2) is 49.6 Å². The average Bonchev–Trinajstić information content (AvgIpc) is 3.42. The number of hydrogen-bond acceptors (Lipinski definition) is 0. The lowest BCUT2D eigenvalue weighted by Crippen LogP contribution is -2.30. The van der Waals surface area contributed by atoms with E-state index in [1.165, 1.54) is 38.5 Å². The first-order valence-electron chi connectivity index (χ1n) is 10.4. The van der Waals surface area contributed by atoms with E-state index in [9.17, 15) is 0 Å². The summed E-state index contributed by atoms with van der Waals surface area (Å²) in [6, 6.07) is 0. The van der Waals surface area contributed by atoms with E-state index in [1.807, 2.05) is 0 Å². The van der Waals surface area contributed by atoms with E-state index in [0.717, 1.165) is 59.2 Å². The molecule has 0 aromatic heterocycles. The van der Waals surface area contributed by atoms with Gasteiger partial charge in [0.2, 0.25) is 0 Å². The van der Waals surface area contributed by atoms with Crippen LogP contribution in [0.1, 0.15) is 38.5 Å². The molecule has 0 heterocycles. The van der Waals surface area contributed by atoms with Crippen molar-refractivity contribution in [2.45, 2.75) is 38.5 Å². The number of hydrogen-bond donors (Lipinski definition) is 0. The molecule has 0 nitrogen and oxygen atoms in total. The van der Waals surface area contributed by atoms with Gasteiger partial charge in [-0.15, -0.1) is 13.2 Å². The van der Waals surface area contributed by atoms with Gasteiger partial charge in [0.25, 0.3) is 0 Å². The summed E-state index contributed by atoms with van der Waals surface area (Å²) in [6.45, 7) is 7.80.